The highest BCUT2D eigenvalue weighted by molar-refractivity contribution is 8.00. The second kappa shape index (κ2) is 4.01. The van der Waals surface area contributed by atoms with E-state index >= 15 is 0 Å². The van der Waals surface area contributed by atoms with Crippen LogP contribution in [-0.2, 0) is 7.05 Å². The van der Waals surface area contributed by atoms with Crippen molar-refractivity contribution in [3.05, 3.63) is 40.9 Å². The fourth-order valence-electron chi connectivity index (χ4n) is 1.90. The van der Waals surface area contributed by atoms with Crippen LogP contribution in [0.4, 0.5) is 0 Å². The van der Waals surface area contributed by atoms with Crippen molar-refractivity contribution in [1.82, 2.24) is 14.8 Å². The topological polar surface area (TPSA) is 50.9 Å². The Kier molecular flexibility index (Phi) is 2.61. The number of fused-ring (bicyclic) bond motifs is 1. The number of hydrogen-bond acceptors (Lipinski definition) is 4. The molecular formula is C11H10ClN3OS. The summed E-state index contributed by atoms with van der Waals surface area (Å²) >= 11 is 7.49. The monoisotopic (exact) mass is 267 g/mol. The molecule has 0 amide bonds. The number of nitrogens with zero attached hydrogens (tertiary/aromatic N) is 3. The number of aryl methyl sites for hydroxylation is 1. The van der Waals surface area contributed by atoms with Gasteiger partial charge in [-0.2, -0.15) is 5.10 Å². The van der Waals surface area contributed by atoms with E-state index in [0.717, 1.165) is 10.5 Å². The van der Waals surface area contributed by atoms with Gasteiger partial charge in [0.2, 0.25) is 0 Å². The third-order valence-corrected chi connectivity index (χ3v) is 4.27. The SMILES string of the molecule is Cn1cnc([C@@H]2Sc3cc(Cl)ccc3[C@@H]2O)n1. The van der Waals surface area contributed by atoms with Crippen LogP contribution in [0.5, 0.6) is 0 Å². The number of aliphatic hydroxyl groups is 1. The molecule has 0 unspecified atom stereocenters. The van der Waals surface area contributed by atoms with Gasteiger partial charge in [-0.3, -0.25) is 4.68 Å². The zero-order chi connectivity index (χ0) is 12.0. The van der Waals surface area contributed by atoms with Crippen LogP contribution in [0.15, 0.2) is 29.4 Å². The Bertz CT molecular complexity index is 572. The summed E-state index contributed by atoms with van der Waals surface area (Å²) in [5, 5.41) is 15.0. The minimum Gasteiger partial charge on any atom is -0.387 e. The van der Waals surface area contributed by atoms with Crippen LogP contribution in [0.1, 0.15) is 22.7 Å². The van der Waals surface area contributed by atoms with E-state index in [-0.39, 0.29) is 5.25 Å². The largest absolute Gasteiger partial charge is 0.387 e. The molecule has 4 nitrogen and oxygen atoms in total. The van der Waals surface area contributed by atoms with E-state index in [1.165, 1.54) is 0 Å². The van der Waals surface area contributed by atoms with Crippen molar-refractivity contribution in [2.75, 3.05) is 0 Å². The van der Waals surface area contributed by atoms with E-state index in [0.29, 0.717) is 10.8 Å². The quantitative estimate of drug-likeness (QED) is 0.862. The molecule has 88 valence electrons. The Morgan fingerprint density at radius 1 is 1.47 bits per heavy atom. The predicted octanol–water partition coefficient (Wildman–Crippen LogP) is 2.35. The maximum atomic E-state index is 10.2. The highest BCUT2D eigenvalue weighted by atomic mass is 35.5. The van der Waals surface area contributed by atoms with Gasteiger partial charge in [0, 0.05) is 17.0 Å². The number of thioether (sulfide) groups is 1. The molecule has 0 fully saturated rings. The maximum absolute atomic E-state index is 10.2. The highest BCUT2D eigenvalue weighted by Gasteiger charge is 2.35. The number of hydrogen-bond donors (Lipinski definition) is 1. The van der Waals surface area contributed by atoms with Crippen LogP contribution >= 0.6 is 23.4 Å². The van der Waals surface area contributed by atoms with Gasteiger partial charge in [0.1, 0.15) is 11.6 Å². The molecule has 1 aliphatic rings. The Hall–Kier alpha value is -1.04. The van der Waals surface area contributed by atoms with Crippen LogP contribution in [0.2, 0.25) is 5.02 Å². The number of aromatic nitrogens is 3. The first-order valence-corrected chi connectivity index (χ1v) is 6.40. The molecule has 1 aromatic heterocycles. The van der Waals surface area contributed by atoms with Crippen molar-refractivity contribution in [2.24, 2.45) is 7.05 Å². The summed E-state index contributed by atoms with van der Waals surface area (Å²) in [6, 6.07) is 5.52. The van der Waals surface area contributed by atoms with E-state index in [1.807, 2.05) is 19.2 Å². The summed E-state index contributed by atoms with van der Waals surface area (Å²) in [6.45, 7) is 0. The third-order valence-electron chi connectivity index (χ3n) is 2.71. The lowest BCUT2D eigenvalue weighted by Gasteiger charge is -2.09. The summed E-state index contributed by atoms with van der Waals surface area (Å²) in [4.78, 5) is 5.19. The first-order chi connectivity index (χ1) is 8.15. The van der Waals surface area contributed by atoms with Crippen molar-refractivity contribution in [3.8, 4) is 0 Å². The van der Waals surface area contributed by atoms with Crippen molar-refractivity contribution in [3.63, 3.8) is 0 Å². The number of aliphatic hydroxyl groups excluding tert-OH is 1. The van der Waals surface area contributed by atoms with Crippen LogP contribution in [-0.4, -0.2) is 19.9 Å². The zero-order valence-corrected chi connectivity index (χ0v) is 10.6. The molecule has 1 aliphatic heterocycles. The predicted molar refractivity (Wildman–Crippen MR) is 66.0 cm³/mol. The van der Waals surface area contributed by atoms with Crippen LogP contribution in [0.25, 0.3) is 0 Å². The average molecular weight is 268 g/mol. The van der Waals surface area contributed by atoms with Gasteiger partial charge in [0.25, 0.3) is 0 Å². The molecule has 0 saturated carbocycles. The van der Waals surface area contributed by atoms with Crippen LogP contribution in [0.3, 0.4) is 0 Å². The molecular weight excluding hydrogens is 258 g/mol. The lowest BCUT2D eigenvalue weighted by molar-refractivity contribution is 0.174. The van der Waals surface area contributed by atoms with E-state index in [9.17, 15) is 5.11 Å². The van der Waals surface area contributed by atoms with E-state index in [2.05, 4.69) is 10.1 Å². The van der Waals surface area contributed by atoms with Gasteiger partial charge < -0.3 is 5.11 Å². The van der Waals surface area contributed by atoms with Crippen LogP contribution in [0, 0.1) is 0 Å². The molecule has 0 aliphatic carbocycles. The standard InChI is InChI=1S/C11H10ClN3OS/c1-15-5-13-11(14-15)10-9(16)7-3-2-6(12)4-8(7)17-10/h2-5,9-10,16H,1H3/t9-,10+/m0/s1. The van der Waals surface area contributed by atoms with Crippen LogP contribution < -0.4 is 0 Å². The summed E-state index contributed by atoms with van der Waals surface area (Å²) in [6.07, 6.45) is 1.06. The number of rotatable bonds is 1. The number of benzene rings is 1. The van der Waals surface area contributed by atoms with E-state index < -0.39 is 6.10 Å². The molecule has 2 atom stereocenters. The minimum absolute atomic E-state index is 0.148. The Labute approximate surface area is 108 Å². The molecule has 2 heterocycles. The van der Waals surface area contributed by atoms with Gasteiger partial charge in [0.15, 0.2) is 5.82 Å². The molecule has 0 bridgehead atoms. The lowest BCUT2D eigenvalue weighted by Crippen LogP contribution is -2.04. The first-order valence-electron chi connectivity index (χ1n) is 5.15. The first kappa shape index (κ1) is 11.1. The Balaban J connectivity index is 1.98. The van der Waals surface area contributed by atoms with Crippen molar-refractivity contribution < 1.29 is 5.11 Å². The van der Waals surface area contributed by atoms with Crippen molar-refractivity contribution in [2.45, 2.75) is 16.2 Å². The average Bonchev–Trinajstić information content (AvgIpc) is 2.83. The minimum atomic E-state index is -0.574. The molecule has 17 heavy (non-hydrogen) atoms. The number of halogens is 1. The third kappa shape index (κ3) is 1.84. The Morgan fingerprint density at radius 2 is 2.29 bits per heavy atom. The summed E-state index contributed by atoms with van der Waals surface area (Å²) in [5.74, 6) is 0.650. The molecule has 1 N–H and O–H groups in total. The highest BCUT2D eigenvalue weighted by Crippen LogP contribution is 2.52. The summed E-state index contributed by atoms with van der Waals surface area (Å²) in [5.41, 5.74) is 0.900. The molecule has 1 aromatic carbocycles. The summed E-state index contributed by atoms with van der Waals surface area (Å²) < 4.78 is 1.64. The molecule has 3 rings (SSSR count). The fourth-order valence-corrected chi connectivity index (χ4v) is 3.42. The van der Waals surface area contributed by atoms with Crippen molar-refractivity contribution in [1.29, 1.82) is 0 Å². The normalized spacial score (nSPS) is 22.8. The second-order valence-corrected chi connectivity index (χ2v) is 5.56. The van der Waals surface area contributed by atoms with Gasteiger partial charge in [-0.15, -0.1) is 11.8 Å². The molecule has 0 saturated heterocycles. The molecule has 2 aromatic rings. The van der Waals surface area contributed by atoms with Gasteiger partial charge in [-0.25, -0.2) is 4.98 Å². The fraction of sp³-hybridized carbons (Fsp3) is 0.273. The van der Waals surface area contributed by atoms with Gasteiger partial charge in [0.05, 0.1) is 6.10 Å². The molecule has 6 heteroatoms. The van der Waals surface area contributed by atoms with E-state index in [1.54, 1.807) is 28.8 Å². The zero-order valence-electron chi connectivity index (χ0n) is 9.04. The van der Waals surface area contributed by atoms with Gasteiger partial charge >= 0.3 is 0 Å². The van der Waals surface area contributed by atoms with Gasteiger partial charge in [-0.05, 0) is 17.7 Å². The van der Waals surface area contributed by atoms with Gasteiger partial charge in [-0.1, -0.05) is 17.7 Å². The van der Waals surface area contributed by atoms with E-state index in [4.69, 9.17) is 11.6 Å². The molecule has 0 spiro atoms. The summed E-state index contributed by atoms with van der Waals surface area (Å²) in [7, 11) is 1.81. The Morgan fingerprint density at radius 3 is 3.00 bits per heavy atom. The maximum Gasteiger partial charge on any atom is 0.166 e. The van der Waals surface area contributed by atoms with Crippen molar-refractivity contribution >= 4 is 23.4 Å². The lowest BCUT2D eigenvalue weighted by atomic mass is 10.1. The smallest absolute Gasteiger partial charge is 0.166 e. The second-order valence-electron chi connectivity index (χ2n) is 3.94. The molecule has 0 radical (unpaired) electrons.